The topological polar surface area (TPSA) is 141 Å². The van der Waals surface area contributed by atoms with Gasteiger partial charge in [0.1, 0.15) is 10.4 Å². The fourth-order valence-electron chi connectivity index (χ4n) is 4.09. The first-order chi connectivity index (χ1) is 16.1. The summed E-state index contributed by atoms with van der Waals surface area (Å²) in [6, 6.07) is 3.80. The molecule has 0 spiro atoms. The van der Waals surface area contributed by atoms with E-state index in [0.717, 1.165) is 0 Å². The number of sulfonamides is 1. The number of alkyl halides is 2. The molecule has 4 heterocycles. The Hall–Kier alpha value is -2.80. The van der Waals surface area contributed by atoms with Gasteiger partial charge in [-0.05, 0) is 32.8 Å². The summed E-state index contributed by atoms with van der Waals surface area (Å²) in [5.74, 6) is 0.107. The summed E-state index contributed by atoms with van der Waals surface area (Å²) < 4.78 is 56.6. The maximum Gasteiger partial charge on any atom is 0.291 e. The molecular weight excluding hydrogens is 488 g/mol. The van der Waals surface area contributed by atoms with Crippen LogP contribution in [0.5, 0.6) is 0 Å². The smallest absolute Gasteiger partial charge is 0.291 e. The number of fused-ring (bicyclic) bond motifs is 1. The highest BCUT2D eigenvalue weighted by atomic mass is 32.2. The SMILES string of the molecule is C[C@H]1CN(c2cc(S(=O)(=O)NC3(C#N)CC3)cn3c(-c4nnc(C(F)F)s4)nnc23)C[C@H](C)N1. The van der Waals surface area contributed by atoms with Crippen molar-refractivity contribution >= 4 is 32.7 Å². The second-order valence-electron chi connectivity index (χ2n) is 8.70. The van der Waals surface area contributed by atoms with Gasteiger partial charge < -0.3 is 10.2 Å². The lowest BCUT2D eigenvalue weighted by atomic mass is 10.1. The van der Waals surface area contributed by atoms with Crippen molar-refractivity contribution in [2.24, 2.45) is 0 Å². The van der Waals surface area contributed by atoms with Crippen molar-refractivity contribution in [2.75, 3.05) is 18.0 Å². The fraction of sp³-hybridized carbons (Fsp3) is 0.526. The monoisotopic (exact) mass is 509 g/mol. The van der Waals surface area contributed by atoms with Crippen molar-refractivity contribution < 1.29 is 17.2 Å². The van der Waals surface area contributed by atoms with Crippen molar-refractivity contribution in [2.45, 2.75) is 55.6 Å². The van der Waals surface area contributed by atoms with Gasteiger partial charge in [-0.3, -0.25) is 4.40 Å². The van der Waals surface area contributed by atoms with Crippen LogP contribution in [0.2, 0.25) is 0 Å². The third-order valence-electron chi connectivity index (χ3n) is 5.78. The Bertz CT molecular complexity index is 1380. The van der Waals surface area contributed by atoms with Crippen molar-refractivity contribution in [3.8, 4) is 16.9 Å². The van der Waals surface area contributed by atoms with Crippen molar-refractivity contribution in [1.29, 1.82) is 5.26 Å². The van der Waals surface area contributed by atoms with E-state index < -0.39 is 27.0 Å². The molecule has 0 bridgehead atoms. The van der Waals surface area contributed by atoms with Crippen molar-refractivity contribution in [1.82, 2.24) is 34.8 Å². The number of hydrogen-bond acceptors (Lipinski definition) is 10. The summed E-state index contributed by atoms with van der Waals surface area (Å²) >= 11 is 0.665. The van der Waals surface area contributed by atoms with E-state index in [4.69, 9.17) is 0 Å². The predicted molar refractivity (Wildman–Crippen MR) is 119 cm³/mol. The number of hydrogen-bond donors (Lipinski definition) is 2. The highest BCUT2D eigenvalue weighted by Crippen LogP contribution is 2.37. The van der Waals surface area contributed by atoms with Crippen LogP contribution < -0.4 is 14.9 Å². The minimum atomic E-state index is -4.08. The lowest BCUT2D eigenvalue weighted by Gasteiger charge is -2.37. The van der Waals surface area contributed by atoms with Gasteiger partial charge in [-0.1, -0.05) is 11.3 Å². The standard InChI is InChI=1S/C19H21F2N9O2S2/c1-10-6-29(7-11(2)23-10)13-5-12(34(31,32)28-19(9-22)3-4-19)8-30-15(13)24-25-16(30)18-27-26-17(33-18)14(20)21/h5,8,10-11,14,23,28H,3-4,6-7H2,1-2H3/t10-,11-/m0/s1. The van der Waals surface area contributed by atoms with Crippen LogP contribution in [0, 0.1) is 11.3 Å². The van der Waals surface area contributed by atoms with Gasteiger partial charge in [0.15, 0.2) is 21.5 Å². The van der Waals surface area contributed by atoms with Crippen LogP contribution in [0.25, 0.3) is 16.5 Å². The summed E-state index contributed by atoms with van der Waals surface area (Å²) in [4.78, 5) is 1.93. The van der Waals surface area contributed by atoms with Crippen LogP contribution in [-0.4, -0.2) is 63.9 Å². The van der Waals surface area contributed by atoms with E-state index in [-0.39, 0.29) is 27.8 Å². The molecule has 3 aromatic heterocycles. The maximum absolute atomic E-state index is 13.2. The molecule has 0 radical (unpaired) electrons. The average Bonchev–Trinajstić information content (AvgIpc) is 3.18. The Kier molecular flexibility index (Phi) is 5.51. The number of anilines is 1. The van der Waals surface area contributed by atoms with E-state index in [0.29, 0.717) is 48.6 Å². The van der Waals surface area contributed by atoms with Crippen LogP contribution >= 0.6 is 11.3 Å². The normalized spacial score (nSPS) is 22.3. The van der Waals surface area contributed by atoms with Gasteiger partial charge in [0.25, 0.3) is 6.43 Å². The Labute approximate surface area is 197 Å². The Balaban J connectivity index is 1.67. The molecule has 15 heteroatoms. The molecule has 0 amide bonds. The molecule has 5 rings (SSSR count). The molecule has 0 aromatic carbocycles. The largest absolute Gasteiger partial charge is 0.365 e. The van der Waals surface area contributed by atoms with Gasteiger partial charge in [-0.25, -0.2) is 17.2 Å². The minimum Gasteiger partial charge on any atom is -0.365 e. The quantitative estimate of drug-likeness (QED) is 0.508. The molecule has 1 aliphatic carbocycles. The van der Waals surface area contributed by atoms with Gasteiger partial charge in [0, 0.05) is 31.4 Å². The third kappa shape index (κ3) is 4.11. The van der Waals surface area contributed by atoms with Crippen LogP contribution in [0.1, 0.15) is 38.1 Å². The summed E-state index contributed by atoms with van der Waals surface area (Å²) in [7, 11) is -4.08. The lowest BCUT2D eigenvalue weighted by molar-refractivity contribution is 0.150. The van der Waals surface area contributed by atoms with Crippen LogP contribution in [0.15, 0.2) is 17.2 Å². The van der Waals surface area contributed by atoms with Gasteiger partial charge in [-0.2, -0.15) is 9.98 Å². The van der Waals surface area contributed by atoms with E-state index in [9.17, 15) is 22.5 Å². The van der Waals surface area contributed by atoms with E-state index in [1.54, 1.807) is 0 Å². The maximum atomic E-state index is 13.2. The summed E-state index contributed by atoms with van der Waals surface area (Å²) in [5, 5.41) is 28.1. The Morgan fingerprint density at radius 1 is 1.24 bits per heavy atom. The van der Waals surface area contributed by atoms with E-state index in [1.165, 1.54) is 16.7 Å². The van der Waals surface area contributed by atoms with E-state index >= 15 is 0 Å². The average molecular weight is 510 g/mol. The third-order valence-corrected chi connectivity index (χ3v) is 8.21. The van der Waals surface area contributed by atoms with Crippen LogP contribution in [-0.2, 0) is 10.0 Å². The molecule has 1 saturated carbocycles. The lowest BCUT2D eigenvalue weighted by Crippen LogP contribution is -2.54. The highest BCUT2D eigenvalue weighted by molar-refractivity contribution is 7.89. The zero-order chi connectivity index (χ0) is 24.3. The number of pyridine rings is 1. The van der Waals surface area contributed by atoms with Gasteiger partial charge in [0.05, 0.1) is 11.8 Å². The van der Waals surface area contributed by atoms with Crippen LogP contribution in [0.4, 0.5) is 14.5 Å². The molecule has 1 aliphatic heterocycles. The zero-order valence-electron chi connectivity index (χ0n) is 18.2. The number of halogens is 2. The Morgan fingerprint density at radius 2 is 1.94 bits per heavy atom. The number of piperazine rings is 1. The van der Waals surface area contributed by atoms with E-state index in [2.05, 4.69) is 30.4 Å². The van der Waals surface area contributed by atoms with Crippen molar-refractivity contribution in [3.05, 3.63) is 17.3 Å². The molecule has 2 N–H and O–H groups in total. The molecule has 11 nitrogen and oxygen atoms in total. The molecule has 0 unspecified atom stereocenters. The zero-order valence-corrected chi connectivity index (χ0v) is 19.9. The van der Waals surface area contributed by atoms with Gasteiger partial charge in [0.2, 0.25) is 10.0 Å². The number of nitrogens with one attached hydrogen (secondary N) is 2. The molecule has 1 saturated heterocycles. The van der Waals surface area contributed by atoms with E-state index in [1.807, 2.05) is 24.8 Å². The Morgan fingerprint density at radius 3 is 2.53 bits per heavy atom. The number of rotatable bonds is 6. The van der Waals surface area contributed by atoms with Gasteiger partial charge in [-0.15, -0.1) is 20.4 Å². The second kappa shape index (κ2) is 8.15. The molecule has 2 aliphatic rings. The molecule has 2 atom stereocenters. The molecule has 3 aromatic rings. The van der Waals surface area contributed by atoms with Crippen molar-refractivity contribution in [3.63, 3.8) is 0 Å². The first-order valence-electron chi connectivity index (χ1n) is 10.6. The molecule has 2 fully saturated rings. The predicted octanol–water partition coefficient (Wildman–Crippen LogP) is 1.71. The summed E-state index contributed by atoms with van der Waals surface area (Å²) in [6.45, 7) is 5.23. The molecule has 34 heavy (non-hydrogen) atoms. The first-order valence-corrected chi connectivity index (χ1v) is 12.9. The van der Waals surface area contributed by atoms with Crippen LogP contribution in [0.3, 0.4) is 0 Å². The number of nitriles is 1. The summed E-state index contributed by atoms with van der Waals surface area (Å²) in [5.41, 5.74) is -0.208. The summed E-state index contributed by atoms with van der Waals surface area (Å²) in [6.07, 6.45) is -0.596. The first kappa shape index (κ1) is 23.0. The fourth-order valence-corrected chi connectivity index (χ4v) is 6.17. The highest BCUT2D eigenvalue weighted by Gasteiger charge is 2.47. The minimum absolute atomic E-state index is 0.0880. The van der Waals surface area contributed by atoms with Gasteiger partial charge >= 0.3 is 0 Å². The molecule has 180 valence electrons. The number of nitrogens with zero attached hydrogens (tertiary/aromatic N) is 7. The molecular formula is C19H21F2N9O2S2. The number of aromatic nitrogens is 5. The second-order valence-corrected chi connectivity index (χ2v) is 11.4.